The number of nitrogens with zero attached hydrogens (tertiary/aromatic N) is 2. The van der Waals surface area contributed by atoms with Gasteiger partial charge in [0.25, 0.3) is 11.8 Å². The molecule has 1 aliphatic rings. The van der Waals surface area contributed by atoms with Gasteiger partial charge in [0, 0.05) is 23.2 Å². The van der Waals surface area contributed by atoms with Gasteiger partial charge in [-0.05, 0) is 73.6 Å². The van der Waals surface area contributed by atoms with Crippen LogP contribution in [-0.4, -0.2) is 48.7 Å². The van der Waals surface area contributed by atoms with Crippen molar-refractivity contribution in [3.05, 3.63) is 57.2 Å². The van der Waals surface area contributed by atoms with E-state index in [9.17, 15) is 14.0 Å². The Balaban J connectivity index is 1.75. The van der Waals surface area contributed by atoms with E-state index in [1.54, 1.807) is 23.1 Å². The molecule has 7 nitrogen and oxygen atoms in total. The zero-order valence-corrected chi connectivity index (χ0v) is 20.8. The Kier molecular flexibility index (Phi) is 8.51. The van der Waals surface area contributed by atoms with E-state index >= 15 is 0 Å². The van der Waals surface area contributed by atoms with E-state index in [0.717, 1.165) is 5.56 Å². The first-order chi connectivity index (χ1) is 15.9. The van der Waals surface area contributed by atoms with Crippen LogP contribution in [0, 0.1) is 5.82 Å². The lowest BCUT2D eigenvalue weighted by Gasteiger charge is -2.13. The third kappa shape index (κ3) is 6.14. The summed E-state index contributed by atoms with van der Waals surface area (Å²) < 4.78 is 24.7. The second-order valence-corrected chi connectivity index (χ2v) is 8.65. The molecule has 0 spiro atoms. The van der Waals surface area contributed by atoms with Crippen molar-refractivity contribution >= 4 is 56.4 Å². The molecule has 2 amide bonds. The van der Waals surface area contributed by atoms with Crippen LogP contribution in [0.25, 0.3) is 6.08 Å². The number of hydrogen-bond donors (Lipinski definition) is 1. The van der Waals surface area contributed by atoms with Gasteiger partial charge in [-0.25, -0.2) is 4.39 Å². The van der Waals surface area contributed by atoms with Crippen LogP contribution >= 0.6 is 27.7 Å². The maximum Gasteiger partial charge on any atom is 0.266 e. The average molecular weight is 536 g/mol. The standard InChI is InChI=1S/C23H23BrFN3O4S/c1-4-26-23-28(5-2)22(30)20(33-23)11-14-10-18(31-3)19(12-17(14)24)32-13-21(29)27-16-8-6-15(25)7-9-16/h6-12H,4-5,13H2,1-3H3,(H,27,29)/b20-11+,26-23?. The van der Waals surface area contributed by atoms with Crippen molar-refractivity contribution in [1.82, 2.24) is 4.90 Å². The first-order valence-electron chi connectivity index (χ1n) is 10.2. The van der Waals surface area contributed by atoms with E-state index in [1.807, 2.05) is 13.8 Å². The minimum Gasteiger partial charge on any atom is -0.493 e. The maximum absolute atomic E-state index is 13.0. The van der Waals surface area contributed by atoms with E-state index in [0.29, 0.717) is 44.8 Å². The molecule has 1 fully saturated rings. The van der Waals surface area contributed by atoms with Crippen molar-refractivity contribution in [2.45, 2.75) is 13.8 Å². The molecule has 2 aromatic carbocycles. The Morgan fingerprint density at radius 3 is 2.61 bits per heavy atom. The largest absolute Gasteiger partial charge is 0.493 e. The zero-order valence-electron chi connectivity index (χ0n) is 18.4. The summed E-state index contributed by atoms with van der Waals surface area (Å²) in [6.45, 7) is 4.70. The average Bonchev–Trinajstić information content (AvgIpc) is 3.09. The van der Waals surface area contributed by atoms with Crippen LogP contribution in [0.1, 0.15) is 19.4 Å². The molecule has 1 saturated heterocycles. The molecule has 0 aliphatic carbocycles. The van der Waals surface area contributed by atoms with Crippen LogP contribution in [0.15, 0.2) is 50.8 Å². The van der Waals surface area contributed by atoms with Gasteiger partial charge in [-0.2, -0.15) is 0 Å². The monoisotopic (exact) mass is 535 g/mol. The second-order valence-electron chi connectivity index (χ2n) is 6.79. The first-order valence-corrected chi connectivity index (χ1v) is 11.8. The minimum atomic E-state index is -0.402. The predicted octanol–water partition coefficient (Wildman–Crippen LogP) is 4.93. The number of rotatable bonds is 8. The number of ether oxygens (including phenoxy) is 2. The summed E-state index contributed by atoms with van der Waals surface area (Å²) >= 11 is 4.83. The fourth-order valence-electron chi connectivity index (χ4n) is 2.99. The van der Waals surface area contributed by atoms with Crippen LogP contribution in [0.2, 0.25) is 0 Å². The molecule has 10 heteroatoms. The molecule has 0 unspecified atom stereocenters. The van der Waals surface area contributed by atoms with Gasteiger partial charge >= 0.3 is 0 Å². The SMILES string of the molecule is CCN=C1S/C(=C/c2cc(OC)c(OCC(=O)Nc3ccc(F)cc3)cc2Br)C(=O)N1CC. The molecule has 174 valence electrons. The zero-order chi connectivity index (χ0) is 24.0. The van der Waals surface area contributed by atoms with Crippen LogP contribution in [0.5, 0.6) is 11.5 Å². The van der Waals surface area contributed by atoms with Crippen LogP contribution < -0.4 is 14.8 Å². The van der Waals surface area contributed by atoms with E-state index in [-0.39, 0.29) is 18.3 Å². The summed E-state index contributed by atoms with van der Waals surface area (Å²) in [5.74, 6) is -0.123. The van der Waals surface area contributed by atoms with E-state index in [4.69, 9.17) is 9.47 Å². The molecule has 0 radical (unpaired) electrons. The molecule has 0 aromatic heterocycles. The van der Waals surface area contributed by atoms with Gasteiger partial charge in [-0.1, -0.05) is 15.9 Å². The minimum absolute atomic E-state index is 0.0987. The lowest BCUT2D eigenvalue weighted by molar-refractivity contribution is -0.122. The van der Waals surface area contributed by atoms with Crippen molar-refractivity contribution in [2.75, 3.05) is 32.1 Å². The summed E-state index contributed by atoms with van der Waals surface area (Å²) in [4.78, 5) is 31.5. The predicted molar refractivity (Wildman–Crippen MR) is 132 cm³/mol. The number of hydrogen-bond acceptors (Lipinski definition) is 6. The van der Waals surface area contributed by atoms with Crippen LogP contribution in [0.4, 0.5) is 10.1 Å². The summed E-state index contributed by atoms with van der Waals surface area (Å²) in [5, 5.41) is 3.32. The highest BCUT2D eigenvalue weighted by molar-refractivity contribution is 9.10. The number of amidine groups is 1. The van der Waals surface area contributed by atoms with Gasteiger partial charge in [-0.15, -0.1) is 0 Å². The molecule has 33 heavy (non-hydrogen) atoms. The Hall–Kier alpha value is -2.85. The summed E-state index contributed by atoms with van der Waals surface area (Å²) in [6, 6.07) is 8.85. The smallest absolute Gasteiger partial charge is 0.266 e. The van der Waals surface area contributed by atoms with E-state index in [2.05, 4.69) is 26.2 Å². The molecule has 0 atom stereocenters. The Bertz CT molecular complexity index is 1110. The lowest BCUT2D eigenvalue weighted by atomic mass is 10.2. The Labute approximate surface area is 204 Å². The number of anilines is 1. The highest BCUT2D eigenvalue weighted by atomic mass is 79.9. The topological polar surface area (TPSA) is 80.2 Å². The molecule has 0 saturated carbocycles. The first kappa shape index (κ1) is 24.8. The van der Waals surface area contributed by atoms with Crippen molar-refractivity contribution in [2.24, 2.45) is 4.99 Å². The number of amides is 2. The molecule has 1 heterocycles. The number of aliphatic imine (C=N–C) groups is 1. The Morgan fingerprint density at radius 1 is 1.24 bits per heavy atom. The fourth-order valence-corrected chi connectivity index (χ4v) is 4.52. The second kappa shape index (κ2) is 11.3. The molecule has 3 rings (SSSR count). The van der Waals surface area contributed by atoms with E-state index in [1.165, 1.54) is 43.1 Å². The number of methoxy groups -OCH3 is 1. The third-order valence-corrected chi connectivity index (χ3v) is 6.29. The highest BCUT2D eigenvalue weighted by Crippen LogP contribution is 2.38. The molecule has 2 aromatic rings. The lowest BCUT2D eigenvalue weighted by Crippen LogP contribution is -2.28. The third-order valence-electron chi connectivity index (χ3n) is 4.55. The molecule has 1 N–H and O–H groups in total. The number of thioether (sulfide) groups is 1. The van der Waals surface area contributed by atoms with Crippen molar-refractivity contribution in [3.63, 3.8) is 0 Å². The van der Waals surface area contributed by atoms with Gasteiger partial charge in [-0.3, -0.25) is 19.5 Å². The number of nitrogens with one attached hydrogen (secondary N) is 1. The maximum atomic E-state index is 13.0. The number of halogens is 2. The van der Waals surface area contributed by atoms with Gasteiger partial charge in [0.2, 0.25) is 0 Å². The van der Waals surface area contributed by atoms with Crippen LogP contribution in [0.3, 0.4) is 0 Å². The molecular formula is C23H23BrFN3O4S. The quantitative estimate of drug-likeness (QED) is 0.485. The number of benzene rings is 2. The summed E-state index contributed by atoms with van der Waals surface area (Å²) in [7, 11) is 1.49. The number of carbonyl (C=O) groups excluding carboxylic acids is 2. The van der Waals surface area contributed by atoms with Crippen molar-refractivity contribution in [3.8, 4) is 11.5 Å². The highest BCUT2D eigenvalue weighted by Gasteiger charge is 2.32. The molecular weight excluding hydrogens is 513 g/mol. The van der Waals surface area contributed by atoms with Crippen LogP contribution in [-0.2, 0) is 9.59 Å². The fraction of sp³-hybridized carbons (Fsp3) is 0.261. The normalized spacial score (nSPS) is 15.9. The van der Waals surface area contributed by atoms with Gasteiger partial charge in [0.1, 0.15) is 5.82 Å². The molecule has 1 aliphatic heterocycles. The number of likely N-dealkylation sites (N-methyl/N-ethyl adjacent to an activating group) is 1. The van der Waals surface area contributed by atoms with Crippen molar-refractivity contribution in [1.29, 1.82) is 0 Å². The van der Waals surface area contributed by atoms with Crippen molar-refractivity contribution < 1.29 is 23.5 Å². The molecule has 0 bridgehead atoms. The Morgan fingerprint density at radius 2 is 1.97 bits per heavy atom. The van der Waals surface area contributed by atoms with Gasteiger partial charge in [0.15, 0.2) is 23.3 Å². The number of carbonyl (C=O) groups is 2. The summed E-state index contributed by atoms with van der Waals surface area (Å²) in [5.41, 5.74) is 1.19. The van der Waals surface area contributed by atoms with Gasteiger partial charge < -0.3 is 14.8 Å². The summed E-state index contributed by atoms with van der Waals surface area (Å²) in [6.07, 6.45) is 1.77. The van der Waals surface area contributed by atoms with E-state index < -0.39 is 5.91 Å². The van der Waals surface area contributed by atoms with Gasteiger partial charge in [0.05, 0.1) is 12.0 Å².